The van der Waals surface area contributed by atoms with Crippen molar-refractivity contribution < 1.29 is 19.2 Å². The van der Waals surface area contributed by atoms with Gasteiger partial charge in [0.1, 0.15) is 9.74 Å². The van der Waals surface area contributed by atoms with Crippen LogP contribution in [0, 0.1) is 7.53 Å². The monoisotopic (exact) mass is 800 g/mol. The molecule has 3 rings (SSSR count). The van der Waals surface area contributed by atoms with Gasteiger partial charge in [-0.1, -0.05) is 54.6 Å². The Labute approximate surface area is 271 Å². The summed E-state index contributed by atoms with van der Waals surface area (Å²) in [6.07, 6.45) is -0.128. The quantitative estimate of drug-likeness (QED) is 0.0951. The average molecular weight is 800 g/mol. The summed E-state index contributed by atoms with van der Waals surface area (Å²) in [4.78, 5) is 60.5. The van der Waals surface area contributed by atoms with Gasteiger partial charge in [0.15, 0.2) is 9.61 Å². The summed E-state index contributed by atoms with van der Waals surface area (Å²) in [5.74, 6) is -1.53. The van der Waals surface area contributed by atoms with Crippen molar-refractivity contribution in [1.82, 2.24) is 25.5 Å². The molecule has 0 saturated carbocycles. The molecular weight excluding hydrogens is 766 g/mol. The Kier molecular flexibility index (Phi) is 13.3. The Morgan fingerprint density at radius 2 is 1.52 bits per heavy atom. The van der Waals surface area contributed by atoms with Crippen molar-refractivity contribution in [2.45, 2.75) is 31.5 Å². The van der Waals surface area contributed by atoms with Crippen molar-refractivity contribution in [1.29, 1.82) is 0 Å². The van der Waals surface area contributed by atoms with Crippen LogP contribution < -0.4 is 27.8 Å². The molecule has 3 aromatic rings. The normalized spacial score (nSPS) is 12.3. The van der Waals surface area contributed by atoms with Gasteiger partial charge in [0.25, 0.3) is 0 Å². The van der Waals surface area contributed by atoms with Crippen LogP contribution >= 0.6 is 45.2 Å². The zero-order valence-electron chi connectivity index (χ0n) is 22.8. The summed E-state index contributed by atoms with van der Waals surface area (Å²) in [5, 5.41) is 5.54. The molecule has 9 N–H and O–H groups in total. The highest BCUT2D eigenvalue weighted by molar-refractivity contribution is 14.1. The maximum absolute atomic E-state index is 13.3. The van der Waals surface area contributed by atoms with Crippen molar-refractivity contribution in [3.8, 4) is 0 Å². The summed E-state index contributed by atoms with van der Waals surface area (Å²) >= 11 is 4.08. The fourth-order valence-corrected chi connectivity index (χ4v) is 5.74. The first-order chi connectivity index (χ1) is 20.1. The van der Waals surface area contributed by atoms with E-state index >= 15 is 0 Å². The van der Waals surface area contributed by atoms with Crippen LogP contribution in [0.15, 0.2) is 54.6 Å². The van der Waals surface area contributed by atoms with E-state index in [0.29, 0.717) is 37.4 Å². The molecule has 0 aliphatic rings. The standard InChI is InChI=1S/C28H34I2N8O4/c29-25-21(36-28(30)37-25)15-22(35-26(41)20(33)14-23(39)38(12-10-31)13-11-32)27(42)34-16-17-6-8-19(9-7-17)24(40)18-4-2-1-3-5-18/h1-9,20,22H,10-16,31-33H2,(H,34,42)(H,35,41)(H,36,37)/t20-,22-/m0/s1. The van der Waals surface area contributed by atoms with Crippen molar-refractivity contribution in [3.63, 3.8) is 0 Å². The van der Waals surface area contributed by atoms with Gasteiger partial charge < -0.3 is 37.7 Å². The molecule has 1 aromatic heterocycles. The zero-order chi connectivity index (χ0) is 30.6. The number of benzene rings is 2. The molecule has 0 aliphatic heterocycles. The molecule has 0 radical (unpaired) electrons. The third-order valence-corrected chi connectivity index (χ3v) is 7.74. The second-order valence-corrected chi connectivity index (χ2v) is 11.5. The number of nitrogens with zero attached hydrogens (tertiary/aromatic N) is 2. The minimum atomic E-state index is -1.18. The SMILES string of the molecule is NCCN(CCN)C(=O)C[C@H](N)C(=O)N[C@@H](Cc1[nH]c(I)nc1I)C(=O)NCc1ccc(C(=O)c2ccccc2)cc1. The molecule has 0 spiro atoms. The molecule has 0 aliphatic carbocycles. The second-order valence-electron chi connectivity index (χ2n) is 9.44. The third kappa shape index (κ3) is 9.82. The lowest BCUT2D eigenvalue weighted by molar-refractivity contribution is -0.135. The number of rotatable bonds is 15. The molecule has 42 heavy (non-hydrogen) atoms. The number of nitrogens with two attached hydrogens (primary N) is 3. The predicted octanol–water partition coefficient (Wildman–Crippen LogP) is 0.657. The first-order valence-electron chi connectivity index (χ1n) is 13.2. The van der Waals surface area contributed by atoms with Gasteiger partial charge in [0.05, 0.1) is 18.2 Å². The second kappa shape index (κ2) is 16.6. The average Bonchev–Trinajstić information content (AvgIpc) is 3.31. The number of aromatic amines is 1. The van der Waals surface area contributed by atoms with E-state index in [1.54, 1.807) is 48.5 Å². The largest absolute Gasteiger partial charge is 0.350 e. The number of imidazole rings is 1. The lowest BCUT2D eigenvalue weighted by Crippen LogP contribution is -2.53. The number of hydrogen-bond donors (Lipinski definition) is 6. The highest BCUT2D eigenvalue weighted by Crippen LogP contribution is 2.14. The molecule has 224 valence electrons. The Morgan fingerprint density at radius 1 is 0.905 bits per heavy atom. The van der Waals surface area contributed by atoms with Crippen LogP contribution in [0.2, 0.25) is 0 Å². The number of aromatic nitrogens is 2. The Hall–Kier alpha value is -2.93. The minimum absolute atomic E-state index is 0.0956. The molecule has 2 aromatic carbocycles. The number of H-pyrrole nitrogens is 1. The van der Waals surface area contributed by atoms with Gasteiger partial charge in [0, 0.05) is 50.3 Å². The van der Waals surface area contributed by atoms with Crippen molar-refractivity contribution in [2.75, 3.05) is 26.2 Å². The van der Waals surface area contributed by atoms with Crippen LogP contribution in [0.1, 0.15) is 33.6 Å². The first-order valence-corrected chi connectivity index (χ1v) is 15.4. The number of hydrogen-bond acceptors (Lipinski definition) is 8. The van der Waals surface area contributed by atoms with Crippen LogP contribution in [-0.2, 0) is 27.3 Å². The molecule has 1 heterocycles. The lowest BCUT2D eigenvalue weighted by atomic mass is 10.0. The van der Waals surface area contributed by atoms with E-state index in [1.807, 2.05) is 28.7 Å². The van der Waals surface area contributed by atoms with Gasteiger partial charge in [-0.05, 0) is 50.7 Å². The van der Waals surface area contributed by atoms with Gasteiger partial charge in [-0.25, -0.2) is 4.98 Å². The van der Waals surface area contributed by atoms with Crippen LogP contribution in [0.4, 0.5) is 0 Å². The van der Waals surface area contributed by atoms with Crippen LogP contribution in [-0.4, -0.2) is 76.6 Å². The van der Waals surface area contributed by atoms with Gasteiger partial charge >= 0.3 is 0 Å². The van der Waals surface area contributed by atoms with E-state index in [4.69, 9.17) is 17.2 Å². The van der Waals surface area contributed by atoms with E-state index in [9.17, 15) is 19.2 Å². The molecule has 0 fully saturated rings. The Balaban J connectivity index is 1.67. The summed E-state index contributed by atoms with van der Waals surface area (Å²) in [6, 6.07) is 13.7. The van der Waals surface area contributed by atoms with E-state index in [1.165, 1.54) is 4.90 Å². The molecule has 0 bridgehead atoms. The molecule has 2 atom stereocenters. The fourth-order valence-electron chi connectivity index (χ4n) is 4.11. The number of carbonyl (C=O) groups excluding carboxylic acids is 4. The molecular formula is C28H34I2N8O4. The topological polar surface area (TPSA) is 202 Å². The van der Waals surface area contributed by atoms with Crippen LogP contribution in [0.25, 0.3) is 0 Å². The highest BCUT2D eigenvalue weighted by Gasteiger charge is 2.28. The van der Waals surface area contributed by atoms with Crippen molar-refractivity contribution in [3.05, 3.63) is 84.5 Å². The van der Waals surface area contributed by atoms with Gasteiger partial charge in [-0.2, -0.15) is 0 Å². The van der Waals surface area contributed by atoms with Crippen molar-refractivity contribution in [2.24, 2.45) is 17.2 Å². The Morgan fingerprint density at radius 3 is 2.10 bits per heavy atom. The predicted molar refractivity (Wildman–Crippen MR) is 175 cm³/mol. The molecule has 3 amide bonds. The molecule has 0 unspecified atom stereocenters. The van der Waals surface area contributed by atoms with E-state index in [0.717, 1.165) is 5.56 Å². The molecule has 0 saturated heterocycles. The minimum Gasteiger partial charge on any atom is -0.350 e. The van der Waals surface area contributed by atoms with Crippen molar-refractivity contribution >= 4 is 68.7 Å². The maximum atomic E-state index is 13.3. The third-order valence-electron chi connectivity index (χ3n) is 6.34. The highest BCUT2D eigenvalue weighted by atomic mass is 127. The first kappa shape index (κ1) is 33.6. The lowest BCUT2D eigenvalue weighted by Gasteiger charge is -2.24. The molecule has 14 heteroatoms. The van der Waals surface area contributed by atoms with Gasteiger partial charge in [-0.15, -0.1) is 0 Å². The number of nitrogens with one attached hydrogen (secondary N) is 3. The van der Waals surface area contributed by atoms with E-state index < -0.39 is 23.9 Å². The summed E-state index contributed by atoms with van der Waals surface area (Å²) in [7, 11) is 0. The summed E-state index contributed by atoms with van der Waals surface area (Å²) < 4.78 is 1.31. The maximum Gasteiger partial charge on any atom is 0.243 e. The van der Waals surface area contributed by atoms with Crippen LogP contribution in [0.3, 0.4) is 0 Å². The molecule has 12 nitrogen and oxygen atoms in total. The van der Waals surface area contributed by atoms with Gasteiger partial charge in [-0.3, -0.25) is 19.2 Å². The Bertz CT molecular complexity index is 1360. The summed E-state index contributed by atoms with van der Waals surface area (Å²) in [5.41, 5.74) is 19.8. The van der Waals surface area contributed by atoms with Crippen LogP contribution in [0.5, 0.6) is 0 Å². The number of carbonyl (C=O) groups is 4. The fraction of sp³-hybridized carbons (Fsp3) is 0.321. The number of halogens is 2. The van der Waals surface area contributed by atoms with Gasteiger partial charge in [0.2, 0.25) is 17.7 Å². The number of ketones is 1. The van der Waals surface area contributed by atoms with E-state index in [-0.39, 0.29) is 44.2 Å². The smallest absolute Gasteiger partial charge is 0.243 e. The zero-order valence-corrected chi connectivity index (χ0v) is 27.1. The summed E-state index contributed by atoms with van der Waals surface area (Å²) in [6.45, 7) is 1.27. The van der Waals surface area contributed by atoms with E-state index in [2.05, 4.69) is 43.2 Å². The number of amides is 3.